The molecule has 0 bridgehead atoms. The second kappa shape index (κ2) is 6.59. The molecule has 2 fully saturated rings. The van der Waals surface area contributed by atoms with Crippen molar-refractivity contribution in [3.63, 3.8) is 0 Å². The van der Waals surface area contributed by atoms with Gasteiger partial charge < -0.3 is 30.2 Å². The number of nitrogens with zero attached hydrogens (tertiary/aromatic N) is 1. The number of allylic oxidation sites excluding steroid dienone is 2. The first kappa shape index (κ1) is 18.9. The number of ether oxygens (including phenoxy) is 3. The molecule has 3 N–H and O–H groups in total. The van der Waals surface area contributed by atoms with Crippen molar-refractivity contribution in [3.05, 3.63) is 22.6 Å². The van der Waals surface area contributed by atoms with Gasteiger partial charge in [-0.25, -0.2) is 4.79 Å². The summed E-state index contributed by atoms with van der Waals surface area (Å²) in [5.41, 5.74) is 5.12. The molecule has 4 atom stereocenters. The summed E-state index contributed by atoms with van der Waals surface area (Å²) in [5, 5.41) is 3.32. The van der Waals surface area contributed by atoms with E-state index in [1.807, 2.05) is 11.8 Å². The van der Waals surface area contributed by atoms with E-state index < -0.39 is 17.7 Å². The number of unbranched alkanes of at least 4 members (excludes halogenated alkanes) is 1. The fourth-order valence-corrected chi connectivity index (χ4v) is 4.76. The molecule has 0 saturated carbocycles. The fourth-order valence-electron chi connectivity index (χ4n) is 4.76. The van der Waals surface area contributed by atoms with E-state index in [9.17, 15) is 14.4 Å². The van der Waals surface area contributed by atoms with Gasteiger partial charge in [-0.1, -0.05) is 13.3 Å². The predicted octanol–water partition coefficient (Wildman–Crippen LogP) is 0.207. The topological polar surface area (TPSA) is 130 Å². The summed E-state index contributed by atoms with van der Waals surface area (Å²) < 4.78 is 16.7. The number of rotatable bonds is 7. The Morgan fingerprint density at radius 2 is 2.11 bits per heavy atom. The van der Waals surface area contributed by atoms with Crippen molar-refractivity contribution < 1.29 is 28.6 Å². The normalized spacial score (nSPS) is 33.1. The zero-order chi connectivity index (χ0) is 20.2. The number of carbonyl (C=O) groups excluding carboxylic acids is 3. The number of hydrogen-bond acceptors (Lipinski definition) is 8. The van der Waals surface area contributed by atoms with Crippen LogP contribution in [-0.4, -0.2) is 67.2 Å². The Morgan fingerprint density at radius 1 is 1.36 bits per heavy atom. The van der Waals surface area contributed by atoms with Crippen molar-refractivity contribution >= 4 is 17.7 Å². The third-order valence-electron chi connectivity index (χ3n) is 6.12. The van der Waals surface area contributed by atoms with Gasteiger partial charge in [0.05, 0.1) is 24.3 Å². The highest BCUT2D eigenvalue weighted by molar-refractivity contribution is 6.25. The number of Topliss-reactive ketones (excluding diaryl/α,β-unsaturated/α-hetero) is 2. The number of nitrogens with two attached hydrogens (primary N) is 1. The summed E-state index contributed by atoms with van der Waals surface area (Å²) in [6, 6.07) is 0.106. The lowest BCUT2D eigenvalue weighted by molar-refractivity contribution is -0.137. The maximum absolute atomic E-state index is 13.4. The summed E-state index contributed by atoms with van der Waals surface area (Å²) >= 11 is 0. The quantitative estimate of drug-likeness (QED) is 0.358. The van der Waals surface area contributed by atoms with Crippen LogP contribution >= 0.6 is 0 Å². The molecule has 1 amide bonds. The second-order valence-electron chi connectivity index (χ2n) is 7.58. The summed E-state index contributed by atoms with van der Waals surface area (Å²) in [7, 11) is 1.54. The van der Waals surface area contributed by atoms with Gasteiger partial charge in [-0.15, -0.1) is 0 Å². The van der Waals surface area contributed by atoms with Crippen molar-refractivity contribution in [3.8, 4) is 0 Å². The van der Waals surface area contributed by atoms with Crippen LogP contribution < -0.4 is 11.1 Å². The average Bonchev–Trinajstić information content (AvgIpc) is 3.27. The van der Waals surface area contributed by atoms with Gasteiger partial charge in [0.25, 0.3) is 0 Å². The molecule has 9 nitrogen and oxygen atoms in total. The smallest absolute Gasteiger partial charge is 0.404 e. The first-order valence-electron chi connectivity index (χ1n) is 9.56. The highest BCUT2D eigenvalue weighted by Crippen LogP contribution is 2.55. The summed E-state index contributed by atoms with van der Waals surface area (Å²) in [5.74, 6) is -1.15. The molecule has 9 heteroatoms. The monoisotopic (exact) mass is 391 g/mol. The Labute approximate surface area is 162 Å². The average molecular weight is 391 g/mol. The standard InChI is InChI=1S/C19H25N3O6/c1-4-5-6-27-16-9(2)14(23)13-12(15(16)24)10(8-28-18(20)25)19(26-3)17-11(21-17)7-22(13)19/h10-11,17,21H,4-8H2,1-3H3,(H2,20,25)/t10-,11+,17+,19-/m1/s1. The Balaban J connectivity index is 1.74. The number of primary amides is 1. The van der Waals surface area contributed by atoms with Crippen molar-refractivity contribution in [2.75, 3.05) is 26.9 Å². The third-order valence-corrected chi connectivity index (χ3v) is 6.12. The van der Waals surface area contributed by atoms with E-state index in [-0.39, 0.29) is 41.6 Å². The van der Waals surface area contributed by atoms with Gasteiger partial charge in [0, 0.05) is 30.8 Å². The Bertz CT molecular complexity index is 818. The molecule has 28 heavy (non-hydrogen) atoms. The summed E-state index contributed by atoms with van der Waals surface area (Å²) in [6.45, 7) is 4.39. The lowest BCUT2D eigenvalue weighted by Crippen LogP contribution is -2.55. The molecule has 3 heterocycles. The Morgan fingerprint density at radius 3 is 2.75 bits per heavy atom. The van der Waals surface area contributed by atoms with Crippen LogP contribution in [0.3, 0.4) is 0 Å². The third kappa shape index (κ3) is 2.42. The molecule has 2 saturated heterocycles. The number of fused-ring (bicyclic) bond motifs is 4. The first-order chi connectivity index (χ1) is 13.4. The van der Waals surface area contributed by atoms with E-state index in [4.69, 9.17) is 19.9 Å². The Kier molecular flexibility index (Phi) is 4.46. The first-order valence-corrected chi connectivity index (χ1v) is 9.56. The highest BCUT2D eigenvalue weighted by atomic mass is 16.6. The summed E-state index contributed by atoms with van der Waals surface area (Å²) in [6.07, 6.45) is 0.748. The maximum Gasteiger partial charge on any atom is 0.404 e. The molecular weight excluding hydrogens is 366 g/mol. The zero-order valence-corrected chi connectivity index (χ0v) is 16.2. The minimum Gasteiger partial charge on any atom is -0.489 e. The molecule has 0 radical (unpaired) electrons. The van der Waals surface area contributed by atoms with Gasteiger partial charge in [0.15, 0.2) is 11.5 Å². The van der Waals surface area contributed by atoms with Gasteiger partial charge in [-0.05, 0) is 13.3 Å². The molecule has 0 aromatic carbocycles. The van der Waals surface area contributed by atoms with Gasteiger partial charge in [-0.3, -0.25) is 9.59 Å². The minimum atomic E-state index is -0.963. The maximum atomic E-state index is 13.4. The van der Waals surface area contributed by atoms with Crippen molar-refractivity contribution in [2.45, 2.75) is 44.5 Å². The van der Waals surface area contributed by atoms with Gasteiger partial charge in [0.1, 0.15) is 6.61 Å². The highest BCUT2D eigenvalue weighted by Gasteiger charge is 2.72. The molecular formula is C19H25N3O6. The summed E-state index contributed by atoms with van der Waals surface area (Å²) in [4.78, 5) is 39.7. The van der Waals surface area contributed by atoms with Crippen LogP contribution in [0.5, 0.6) is 0 Å². The largest absolute Gasteiger partial charge is 0.489 e. The van der Waals surface area contributed by atoms with E-state index >= 15 is 0 Å². The number of ketones is 2. The predicted molar refractivity (Wildman–Crippen MR) is 96.8 cm³/mol. The molecule has 0 aromatic heterocycles. The van der Waals surface area contributed by atoms with Crippen molar-refractivity contribution in [1.29, 1.82) is 0 Å². The number of methoxy groups -OCH3 is 1. The van der Waals surface area contributed by atoms with Crippen LogP contribution in [0, 0.1) is 5.92 Å². The van der Waals surface area contributed by atoms with Crippen molar-refractivity contribution in [2.24, 2.45) is 11.7 Å². The van der Waals surface area contributed by atoms with Crippen LogP contribution in [0.2, 0.25) is 0 Å². The number of nitrogens with one attached hydrogen (secondary N) is 1. The lowest BCUT2D eigenvalue weighted by atomic mass is 9.83. The molecule has 0 spiro atoms. The van der Waals surface area contributed by atoms with Crippen molar-refractivity contribution in [1.82, 2.24) is 10.2 Å². The number of hydrogen-bond donors (Lipinski definition) is 2. The molecule has 0 unspecified atom stereocenters. The number of carbonyl (C=O) groups is 3. The zero-order valence-electron chi connectivity index (χ0n) is 16.2. The molecule has 152 valence electrons. The van der Waals surface area contributed by atoms with Crippen LogP contribution in [0.1, 0.15) is 26.7 Å². The number of amides is 1. The van der Waals surface area contributed by atoms with Crippen LogP contribution in [0.4, 0.5) is 4.79 Å². The van der Waals surface area contributed by atoms with Gasteiger partial charge in [0.2, 0.25) is 11.6 Å². The molecule has 4 rings (SSSR count). The number of piperazine rings is 1. The van der Waals surface area contributed by atoms with Gasteiger partial charge in [-0.2, -0.15) is 0 Å². The van der Waals surface area contributed by atoms with E-state index in [1.54, 1.807) is 14.0 Å². The van der Waals surface area contributed by atoms with E-state index in [1.165, 1.54) is 0 Å². The second-order valence-corrected chi connectivity index (χ2v) is 7.58. The lowest BCUT2D eigenvalue weighted by Gasteiger charge is -2.39. The Hall–Kier alpha value is -2.39. The molecule has 4 aliphatic rings. The SMILES string of the molecule is CCCCOC1=C(C)C(=O)C2=C(C1=O)[C@@H](COC(N)=O)[C@@]1(OC)[C@H]3N[C@H]3CN21. The van der Waals surface area contributed by atoms with Crippen LogP contribution in [0.25, 0.3) is 0 Å². The molecule has 3 aliphatic heterocycles. The van der Waals surface area contributed by atoms with Gasteiger partial charge >= 0.3 is 6.09 Å². The van der Waals surface area contributed by atoms with Crippen LogP contribution in [-0.2, 0) is 23.8 Å². The van der Waals surface area contributed by atoms with E-state index in [0.717, 1.165) is 12.8 Å². The van der Waals surface area contributed by atoms with E-state index in [2.05, 4.69) is 5.32 Å². The molecule has 1 aliphatic carbocycles. The minimum absolute atomic E-state index is 0.0602. The van der Waals surface area contributed by atoms with E-state index in [0.29, 0.717) is 24.4 Å². The molecule has 0 aromatic rings. The van der Waals surface area contributed by atoms with Crippen LogP contribution in [0.15, 0.2) is 22.6 Å². The fraction of sp³-hybridized carbons (Fsp3) is 0.632.